The van der Waals surface area contributed by atoms with Gasteiger partial charge < -0.3 is 15.0 Å². The van der Waals surface area contributed by atoms with Gasteiger partial charge in [-0.25, -0.2) is 0 Å². The molecule has 0 fully saturated rings. The van der Waals surface area contributed by atoms with Gasteiger partial charge in [-0.3, -0.25) is 0 Å². The standard InChI is InChI=1S/C11H15ClN2O/c1-13-6-9-7-15-11-4-3-8(12)5-10(11)14(9)2/h3-5,9,13H,6-7H2,1-2H3. The van der Waals surface area contributed by atoms with E-state index in [1.165, 1.54) is 0 Å². The van der Waals surface area contributed by atoms with Gasteiger partial charge in [0.25, 0.3) is 0 Å². The second kappa shape index (κ2) is 4.29. The Morgan fingerprint density at radius 2 is 2.40 bits per heavy atom. The molecule has 2 rings (SSSR count). The summed E-state index contributed by atoms with van der Waals surface area (Å²) in [4.78, 5) is 2.21. The number of halogens is 1. The van der Waals surface area contributed by atoms with Crippen molar-refractivity contribution in [2.24, 2.45) is 0 Å². The van der Waals surface area contributed by atoms with Gasteiger partial charge in [0.15, 0.2) is 0 Å². The van der Waals surface area contributed by atoms with Crippen LogP contribution < -0.4 is 15.0 Å². The number of hydrogen-bond donors (Lipinski definition) is 1. The maximum absolute atomic E-state index is 5.97. The number of ether oxygens (including phenoxy) is 1. The molecule has 3 nitrogen and oxygen atoms in total. The third-order valence-electron chi connectivity index (χ3n) is 2.72. The fraction of sp³-hybridized carbons (Fsp3) is 0.455. The van der Waals surface area contributed by atoms with Gasteiger partial charge in [0.2, 0.25) is 0 Å². The SMILES string of the molecule is CNCC1COc2ccc(Cl)cc2N1C. The molecule has 0 radical (unpaired) electrons. The van der Waals surface area contributed by atoms with Crippen LogP contribution in [0.5, 0.6) is 5.75 Å². The molecule has 1 aliphatic rings. The number of fused-ring (bicyclic) bond motifs is 1. The lowest BCUT2D eigenvalue weighted by Crippen LogP contribution is -2.46. The number of benzene rings is 1. The summed E-state index contributed by atoms with van der Waals surface area (Å²) in [7, 11) is 4.01. The lowest BCUT2D eigenvalue weighted by atomic mass is 10.1. The number of nitrogens with zero attached hydrogens (tertiary/aromatic N) is 1. The zero-order valence-corrected chi connectivity index (χ0v) is 9.71. The summed E-state index contributed by atoms with van der Waals surface area (Å²) < 4.78 is 5.67. The van der Waals surface area contributed by atoms with E-state index in [0.717, 1.165) is 23.0 Å². The first-order valence-electron chi connectivity index (χ1n) is 5.02. The summed E-state index contributed by atoms with van der Waals surface area (Å²) >= 11 is 5.97. The summed E-state index contributed by atoms with van der Waals surface area (Å²) in [6.45, 7) is 1.62. The zero-order chi connectivity index (χ0) is 10.8. The minimum atomic E-state index is 0.362. The van der Waals surface area contributed by atoms with Crippen LogP contribution in [0.1, 0.15) is 0 Å². The Labute approximate surface area is 95.0 Å². The van der Waals surface area contributed by atoms with E-state index in [9.17, 15) is 0 Å². The quantitative estimate of drug-likeness (QED) is 0.832. The lowest BCUT2D eigenvalue weighted by Gasteiger charge is -2.35. The molecule has 1 heterocycles. The Balaban J connectivity index is 2.28. The van der Waals surface area contributed by atoms with Crippen LogP contribution in [0.3, 0.4) is 0 Å². The van der Waals surface area contributed by atoms with Crippen LogP contribution in [0.2, 0.25) is 5.02 Å². The topological polar surface area (TPSA) is 24.5 Å². The third-order valence-corrected chi connectivity index (χ3v) is 2.95. The summed E-state index contributed by atoms with van der Waals surface area (Å²) in [5.74, 6) is 0.911. The highest BCUT2D eigenvalue weighted by Crippen LogP contribution is 2.34. The summed E-state index contributed by atoms with van der Waals surface area (Å²) in [5.41, 5.74) is 1.06. The maximum atomic E-state index is 5.97. The number of hydrogen-bond acceptors (Lipinski definition) is 3. The van der Waals surface area contributed by atoms with E-state index in [1.54, 1.807) is 0 Å². The van der Waals surface area contributed by atoms with Crippen LogP contribution in [0.4, 0.5) is 5.69 Å². The normalized spacial score (nSPS) is 19.7. The van der Waals surface area contributed by atoms with Crippen molar-refractivity contribution in [2.75, 3.05) is 32.1 Å². The Morgan fingerprint density at radius 3 is 3.13 bits per heavy atom. The highest BCUT2D eigenvalue weighted by molar-refractivity contribution is 6.30. The van der Waals surface area contributed by atoms with Gasteiger partial charge in [-0.2, -0.15) is 0 Å². The molecule has 0 bridgehead atoms. The second-order valence-corrected chi connectivity index (χ2v) is 4.18. The van der Waals surface area contributed by atoms with E-state index >= 15 is 0 Å². The molecule has 0 saturated heterocycles. The van der Waals surface area contributed by atoms with Gasteiger partial charge in [0.1, 0.15) is 12.4 Å². The van der Waals surface area contributed by atoms with E-state index in [4.69, 9.17) is 16.3 Å². The number of anilines is 1. The van der Waals surface area contributed by atoms with Crippen LogP contribution in [0.15, 0.2) is 18.2 Å². The molecule has 0 aliphatic carbocycles. The molecular formula is C11H15ClN2O. The molecule has 0 aromatic heterocycles. The molecule has 1 atom stereocenters. The molecule has 1 aromatic carbocycles. The maximum Gasteiger partial charge on any atom is 0.142 e. The third kappa shape index (κ3) is 2.03. The highest BCUT2D eigenvalue weighted by atomic mass is 35.5. The lowest BCUT2D eigenvalue weighted by molar-refractivity contribution is 0.264. The number of likely N-dealkylation sites (N-methyl/N-ethyl adjacent to an activating group) is 2. The molecular weight excluding hydrogens is 212 g/mol. The van der Waals surface area contributed by atoms with Crippen molar-refractivity contribution in [3.8, 4) is 5.75 Å². The Bertz CT molecular complexity index is 356. The van der Waals surface area contributed by atoms with E-state index in [-0.39, 0.29) is 0 Å². The summed E-state index contributed by atoms with van der Waals surface area (Å²) in [6, 6.07) is 6.08. The average Bonchev–Trinajstić information content (AvgIpc) is 2.23. The van der Waals surface area contributed by atoms with E-state index < -0.39 is 0 Å². The van der Waals surface area contributed by atoms with Crippen LogP contribution >= 0.6 is 11.6 Å². The van der Waals surface area contributed by atoms with Gasteiger partial charge in [-0.1, -0.05) is 11.6 Å². The summed E-state index contributed by atoms with van der Waals surface area (Å²) in [5, 5.41) is 3.90. The van der Waals surface area contributed by atoms with E-state index in [0.29, 0.717) is 12.6 Å². The molecule has 1 N–H and O–H groups in total. The van der Waals surface area contributed by atoms with Crippen LogP contribution in [-0.4, -0.2) is 33.3 Å². The van der Waals surface area contributed by atoms with Gasteiger partial charge >= 0.3 is 0 Å². The van der Waals surface area contributed by atoms with Crippen molar-refractivity contribution in [3.63, 3.8) is 0 Å². The smallest absolute Gasteiger partial charge is 0.142 e. The van der Waals surface area contributed by atoms with Gasteiger partial charge in [0, 0.05) is 18.6 Å². The van der Waals surface area contributed by atoms with Gasteiger partial charge in [-0.05, 0) is 25.2 Å². The zero-order valence-electron chi connectivity index (χ0n) is 8.96. The molecule has 0 spiro atoms. The average molecular weight is 227 g/mol. The molecule has 1 aliphatic heterocycles. The molecule has 82 valence electrons. The minimum Gasteiger partial charge on any atom is -0.489 e. The predicted octanol–water partition coefficient (Wildman–Crippen LogP) is 1.76. The van der Waals surface area contributed by atoms with Crippen molar-refractivity contribution < 1.29 is 4.74 Å². The van der Waals surface area contributed by atoms with Crippen LogP contribution in [-0.2, 0) is 0 Å². The number of nitrogens with one attached hydrogen (secondary N) is 1. The molecule has 15 heavy (non-hydrogen) atoms. The minimum absolute atomic E-state index is 0.362. The molecule has 0 saturated carbocycles. The van der Waals surface area contributed by atoms with Crippen molar-refractivity contribution in [3.05, 3.63) is 23.2 Å². The number of rotatable bonds is 2. The second-order valence-electron chi connectivity index (χ2n) is 3.75. The Morgan fingerprint density at radius 1 is 1.60 bits per heavy atom. The first-order valence-corrected chi connectivity index (χ1v) is 5.40. The fourth-order valence-electron chi connectivity index (χ4n) is 1.81. The first-order chi connectivity index (χ1) is 7.22. The largest absolute Gasteiger partial charge is 0.489 e. The first kappa shape index (κ1) is 10.6. The van der Waals surface area contributed by atoms with E-state index in [1.807, 2.05) is 25.2 Å². The van der Waals surface area contributed by atoms with Crippen molar-refractivity contribution in [2.45, 2.75) is 6.04 Å². The van der Waals surface area contributed by atoms with E-state index in [2.05, 4.69) is 17.3 Å². The predicted molar refractivity (Wildman–Crippen MR) is 63.1 cm³/mol. The van der Waals surface area contributed by atoms with Gasteiger partial charge in [-0.15, -0.1) is 0 Å². The Hall–Kier alpha value is -0.930. The van der Waals surface area contributed by atoms with Crippen molar-refractivity contribution in [1.82, 2.24) is 5.32 Å². The highest BCUT2D eigenvalue weighted by Gasteiger charge is 2.23. The van der Waals surface area contributed by atoms with Crippen LogP contribution in [0.25, 0.3) is 0 Å². The van der Waals surface area contributed by atoms with Crippen molar-refractivity contribution >= 4 is 17.3 Å². The van der Waals surface area contributed by atoms with Crippen molar-refractivity contribution in [1.29, 1.82) is 0 Å². The molecule has 1 aromatic rings. The van der Waals surface area contributed by atoms with Gasteiger partial charge in [0.05, 0.1) is 11.7 Å². The Kier molecular flexibility index (Phi) is 3.03. The monoisotopic (exact) mass is 226 g/mol. The van der Waals surface area contributed by atoms with Crippen LogP contribution in [0, 0.1) is 0 Å². The summed E-state index contributed by atoms with van der Waals surface area (Å²) in [6.07, 6.45) is 0. The molecule has 0 amide bonds. The molecule has 4 heteroatoms. The fourth-order valence-corrected chi connectivity index (χ4v) is 1.98. The molecule has 1 unspecified atom stereocenters.